The lowest BCUT2D eigenvalue weighted by Crippen LogP contribution is -1.88. The number of rotatable bonds is 1. The lowest BCUT2D eigenvalue weighted by molar-refractivity contribution is 0.670. The van der Waals surface area contributed by atoms with Gasteiger partial charge in [-0.25, -0.2) is 0 Å². The van der Waals surface area contributed by atoms with Gasteiger partial charge in [-0.2, -0.15) is 0 Å². The van der Waals surface area contributed by atoms with Gasteiger partial charge in [0.25, 0.3) is 0 Å². The maximum absolute atomic E-state index is 7.82. The number of nitrogens with zero attached hydrogens (tertiary/aromatic N) is 1. The highest BCUT2D eigenvalue weighted by molar-refractivity contribution is 6.13. The Morgan fingerprint density at radius 3 is 2.52 bits per heavy atom. The van der Waals surface area contributed by atoms with Gasteiger partial charge < -0.3 is 4.42 Å². The second kappa shape index (κ2) is 5.18. The molecule has 0 atom stereocenters. The van der Waals surface area contributed by atoms with Crippen molar-refractivity contribution < 1.29 is 12.6 Å². The van der Waals surface area contributed by atoms with Crippen LogP contribution in [0.1, 0.15) is 19.4 Å². The highest BCUT2D eigenvalue weighted by Crippen LogP contribution is 2.37. The van der Waals surface area contributed by atoms with Crippen LogP contribution in [0.4, 0.5) is 0 Å². The molecule has 25 heavy (non-hydrogen) atoms. The lowest BCUT2D eigenvalue weighted by atomic mass is 10.0. The number of para-hydroxylation sites is 1. The maximum Gasteiger partial charge on any atom is 0.144 e. The first-order chi connectivity index (χ1) is 14.6. The van der Waals surface area contributed by atoms with Gasteiger partial charge in [0.15, 0.2) is 0 Å². The molecule has 0 spiro atoms. The van der Waals surface area contributed by atoms with Crippen LogP contribution in [0, 0.1) is 13.7 Å². The molecule has 0 radical (unpaired) electrons. The van der Waals surface area contributed by atoms with E-state index in [1.807, 2.05) is 42.5 Å². The molecule has 0 saturated carbocycles. The van der Waals surface area contributed by atoms with E-state index in [1.54, 1.807) is 6.07 Å². The van der Waals surface area contributed by atoms with E-state index in [4.69, 9.17) is 12.6 Å². The first-order valence-corrected chi connectivity index (χ1v) is 7.98. The minimum absolute atomic E-state index is 0.226. The monoisotopic (exact) mass is 329 g/mol. The fourth-order valence-electron chi connectivity index (χ4n) is 3.29. The van der Waals surface area contributed by atoms with E-state index in [0.717, 1.165) is 33.3 Å². The molecular formula is C23H17NO. The number of pyridine rings is 1. The quantitative estimate of drug-likeness (QED) is 0.355. The largest absolute Gasteiger partial charge is 0.455 e. The summed E-state index contributed by atoms with van der Waals surface area (Å²) in [5.41, 5.74) is 1.78. The van der Waals surface area contributed by atoms with Crippen LogP contribution < -0.4 is 0 Å². The molecule has 2 heteroatoms. The van der Waals surface area contributed by atoms with Crippen LogP contribution in [0.5, 0.6) is 0 Å². The van der Waals surface area contributed by atoms with E-state index < -0.39 is 13.7 Å². The van der Waals surface area contributed by atoms with E-state index in [0.29, 0.717) is 16.8 Å². The zero-order chi connectivity index (χ0) is 22.0. The summed E-state index contributed by atoms with van der Waals surface area (Å²) in [6.45, 7) is -5.15. The first kappa shape index (κ1) is 9.38. The van der Waals surface area contributed by atoms with Crippen molar-refractivity contribution in [3.63, 3.8) is 0 Å². The number of furan rings is 1. The van der Waals surface area contributed by atoms with Gasteiger partial charge in [0.05, 0.1) is 5.69 Å². The van der Waals surface area contributed by atoms with E-state index in [2.05, 4.69) is 11.1 Å². The Morgan fingerprint density at radius 1 is 0.840 bits per heavy atom. The van der Waals surface area contributed by atoms with Crippen molar-refractivity contribution in [1.29, 1.82) is 0 Å². The molecule has 2 heterocycles. The standard InChI is InChI=1S/C23H17NO/c1-14-10-21(24-13-15(14)2)19-9-5-8-18-20-11-16-6-3-4-7-17(16)12-22(20)25-23(18)19/h3-13H,1-2H3/i1D3,2D3. The average Bonchev–Trinajstić information content (AvgIpc) is 3.08. The zero-order valence-corrected chi connectivity index (χ0v) is 13.2. The van der Waals surface area contributed by atoms with Gasteiger partial charge in [-0.1, -0.05) is 36.4 Å². The third kappa shape index (κ3) is 2.14. The van der Waals surface area contributed by atoms with Crippen LogP contribution in [0.3, 0.4) is 0 Å². The predicted molar refractivity (Wildman–Crippen MR) is 104 cm³/mol. The number of fused-ring (bicyclic) bond motifs is 4. The second-order valence-electron chi connectivity index (χ2n) is 6.09. The minimum Gasteiger partial charge on any atom is -0.455 e. The molecule has 0 aliphatic carbocycles. The number of hydrogen-bond acceptors (Lipinski definition) is 2. The molecule has 5 aromatic rings. The van der Waals surface area contributed by atoms with Crippen LogP contribution >= 0.6 is 0 Å². The van der Waals surface area contributed by atoms with Crippen molar-refractivity contribution in [2.75, 3.05) is 0 Å². The van der Waals surface area contributed by atoms with Crippen LogP contribution in [0.15, 0.2) is 71.3 Å². The fraction of sp³-hybridized carbons (Fsp3) is 0.0870. The van der Waals surface area contributed by atoms with Crippen molar-refractivity contribution in [2.24, 2.45) is 0 Å². The summed E-state index contributed by atoms with van der Waals surface area (Å²) in [6.07, 6.45) is 1.14. The van der Waals surface area contributed by atoms with Gasteiger partial charge in [0, 0.05) is 30.8 Å². The summed E-state index contributed by atoms with van der Waals surface area (Å²) in [7, 11) is 0. The van der Waals surface area contributed by atoms with Crippen LogP contribution in [0.25, 0.3) is 44.0 Å². The molecule has 0 amide bonds. The lowest BCUT2D eigenvalue weighted by Gasteiger charge is -2.05. The summed E-state index contributed by atoms with van der Waals surface area (Å²) in [5, 5.41) is 3.98. The van der Waals surface area contributed by atoms with E-state index >= 15 is 0 Å². The van der Waals surface area contributed by atoms with Gasteiger partial charge in [0.2, 0.25) is 0 Å². The van der Waals surface area contributed by atoms with Crippen molar-refractivity contribution in [1.82, 2.24) is 4.98 Å². The van der Waals surface area contributed by atoms with Gasteiger partial charge in [-0.05, 0) is 59.9 Å². The van der Waals surface area contributed by atoms with Crippen LogP contribution in [-0.2, 0) is 0 Å². The number of aromatic nitrogens is 1. The molecule has 3 aromatic carbocycles. The third-order valence-corrected chi connectivity index (χ3v) is 4.55. The smallest absolute Gasteiger partial charge is 0.144 e. The Balaban J connectivity index is 1.78. The Morgan fingerprint density at radius 2 is 1.68 bits per heavy atom. The Hall–Kier alpha value is -3.13. The molecule has 0 N–H and O–H groups in total. The second-order valence-corrected chi connectivity index (χ2v) is 6.09. The summed E-state index contributed by atoms with van der Waals surface area (Å²) < 4.78 is 52.6. The van der Waals surface area contributed by atoms with E-state index in [-0.39, 0.29) is 11.1 Å². The Bertz CT molecular complexity index is 1460. The van der Waals surface area contributed by atoms with Crippen molar-refractivity contribution in [3.8, 4) is 11.3 Å². The van der Waals surface area contributed by atoms with Gasteiger partial charge in [-0.15, -0.1) is 0 Å². The molecule has 0 fully saturated rings. The Kier molecular flexibility index (Phi) is 1.94. The van der Waals surface area contributed by atoms with Crippen LogP contribution in [-0.4, -0.2) is 4.98 Å². The summed E-state index contributed by atoms with van der Waals surface area (Å²) in [5.74, 6) is 0. The van der Waals surface area contributed by atoms with E-state index in [9.17, 15) is 0 Å². The molecule has 0 saturated heterocycles. The SMILES string of the molecule is [2H]C([2H])([2H])c1cnc(-c2cccc3c2oc2cc4ccccc4cc23)cc1C([2H])([2H])[2H]. The topological polar surface area (TPSA) is 26.0 Å². The summed E-state index contributed by atoms with van der Waals surface area (Å²) in [6, 6.07) is 19.0. The molecule has 0 aliphatic heterocycles. The number of benzene rings is 3. The molecular weight excluding hydrogens is 306 g/mol. The number of aryl methyl sites for hydroxylation is 2. The van der Waals surface area contributed by atoms with Gasteiger partial charge in [-0.3, -0.25) is 4.98 Å². The molecule has 2 nitrogen and oxygen atoms in total. The zero-order valence-electron chi connectivity index (χ0n) is 19.2. The predicted octanol–water partition coefficient (Wildman–Crippen LogP) is 6.42. The van der Waals surface area contributed by atoms with Gasteiger partial charge >= 0.3 is 0 Å². The van der Waals surface area contributed by atoms with E-state index in [1.165, 1.54) is 6.07 Å². The first-order valence-electron chi connectivity index (χ1n) is 11.0. The molecule has 120 valence electrons. The fourth-order valence-corrected chi connectivity index (χ4v) is 3.29. The third-order valence-electron chi connectivity index (χ3n) is 4.55. The van der Waals surface area contributed by atoms with Gasteiger partial charge in [0.1, 0.15) is 11.2 Å². The minimum atomic E-state index is -2.58. The molecule has 0 aliphatic rings. The van der Waals surface area contributed by atoms with Crippen molar-refractivity contribution in [2.45, 2.75) is 13.7 Å². The number of hydrogen-bond donors (Lipinski definition) is 0. The average molecular weight is 329 g/mol. The van der Waals surface area contributed by atoms with Crippen molar-refractivity contribution in [3.05, 3.63) is 78.0 Å². The molecule has 0 unspecified atom stereocenters. The molecule has 2 aromatic heterocycles. The highest BCUT2D eigenvalue weighted by Gasteiger charge is 2.14. The molecule has 5 rings (SSSR count). The molecule has 0 bridgehead atoms. The highest BCUT2D eigenvalue weighted by atomic mass is 16.3. The summed E-state index contributed by atoms with van der Waals surface area (Å²) >= 11 is 0. The Labute approximate surface area is 154 Å². The van der Waals surface area contributed by atoms with Crippen molar-refractivity contribution >= 4 is 32.7 Å². The maximum atomic E-state index is 7.82. The van der Waals surface area contributed by atoms with Crippen LogP contribution in [0.2, 0.25) is 0 Å². The normalized spacial score (nSPS) is 16.2. The summed E-state index contributed by atoms with van der Waals surface area (Å²) in [4.78, 5) is 4.29.